The molecule has 0 saturated heterocycles. The minimum Gasteiger partial charge on any atom is -0.349 e. The number of anilines is 1. The van der Waals surface area contributed by atoms with Crippen LogP contribution in [0.1, 0.15) is 23.2 Å². The molecule has 4 aromatic rings. The lowest BCUT2D eigenvalue weighted by molar-refractivity contribution is -0.113. The second-order valence-corrected chi connectivity index (χ2v) is 8.40. The van der Waals surface area contributed by atoms with Crippen LogP contribution < -0.4 is 10.6 Å². The topological polar surface area (TPSA) is 102 Å². The summed E-state index contributed by atoms with van der Waals surface area (Å²) in [4.78, 5) is 33.8. The standard InChI is InChI=1S/C23H20N6O2S/c30-20(28-19-9-5-4-8-17(19)22(31)27-15-10-11-15)13-32-23-18-12-26-29(21(18)24-14-25-23)16-6-2-1-3-7-16/h1-9,12,14-15H,10-11,13H2,(H,27,31)(H,28,30). The van der Waals surface area contributed by atoms with E-state index in [9.17, 15) is 9.59 Å². The number of hydrogen-bond donors (Lipinski definition) is 2. The molecule has 2 aromatic heterocycles. The van der Waals surface area contributed by atoms with Crippen LogP contribution in [0.15, 0.2) is 72.1 Å². The number of thioether (sulfide) groups is 1. The summed E-state index contributed by atoms with van der Waals surface area (Å²) in [7, 11) is 0. The fraction of sp³-hybridized carbons (Fsp3) is 0.174. The Hall–Kier alpha value is -3.72. The molecule has 2 amide bonds. The number of carbonyl (C=O) groups excluding carboxylic acids is 2. The first-order valence-corrected chi connectivity index (χ1v) is 11.2. The molecule has 2 heterocycles. The number of nitrogens with zero attached hydrogens (tertiary/aromatic N) is 4. The Balaban J connectivity index is 1.29. The van der Waals surface area contributed by atoms with Crippen molar-refractivity contribution in [3.63, 3.8) is 0 Å². The van der Waals surface area contributed by atoms with Gasteiger partial charge in [0.05, 0.1) is 34.3 Å². The number of para-hydroxylation sites is 2. The average molecular weight is 445 g/mol. The molecule has 1 aliphatic carbocycles. The quantitative estimate of drug-likeness (QED) is 0.334. The van der Waals surface area contributed by atoms with Gasteiger partial charge >= 0.3 is 0 Å². The number of fused-ring (bicyclic) bond motifs is 1. The highest BCUT2D eigenvalue weighted by atomic mass is 32.2. The first kappa shape index (κ1) is 20.2. The molecule has 1 saturated carbocycles. The molecule has 0 aliphatic heterocycles. The van der Waals surface area contributed by atoms with Crippen LogP contribution in [0.5, 0.6) is 0 Å². The van der Waals surface area contributed by atoms with Crippen molar-refractivity contribution in [1.82, 2.24) is 25.1 Å². The summed E-state index contributed by atoms with van der Waals surface area (Å²) in [5, 5.41) is 11.7. The Kier molecular flexibility index (Phi) is 5.55. The fourth-order valence-corrected chi connectivity index (χ4v) is 4.06. The molecule has 0 radical (unpaired) electrons. The Morgan fingerprint density at radius 1 is 1.03 bits per heavy atom. The SMILES string of the molecule is O=C(CSc1ncnc2c1cnn2-c1ccccc1)Nc1ccccc1C(=O)NC1CC1. The molecular formula is C23H20N6O2S. The van der Waals surface area contributed by atoms with Crippen LogP contribution in [-0.4, -0.2) is 43.4 Å². The third-order valence-electron chi connectivity index (χ3n) is 5.03. The van der Waals surface area contributed by atoms with Gasteiger partial charge in [-0.05, 0) is 37.1 Å². The van der Waals surface area contributed by atoms with E-state index in [0.29, 0.717) is 21.9 Å². The van der Waals surface area contributed by atoms with Gasteiger partial charge in [0.15, 0.2) is 5.65 Å². The van der Waals surface area contributed by atoms with E-state index in [1.54, 1.807) is 35.1 Å². The van der Waals surface area contributed by atoms with Crippen molar-refractivity contribution in [3.8, 4) is 5.69 Å². The zero-order valence-corrected chi connectivity index (χ0v) is 17.9. The molecule has 0 spiro atoms. The summed E-state index contributed by atoms with van der Waals surface area (Å²) in [6, 6.07) is 17.0. The second kappa shape index (κ2) is 8.80. The molecule has 32 heavy (non-hydrogen) atoms. The highest BCUT2D eigenvalue weighted by molar-refractivity contribution is 8.00. The van der Waals surface area contributed by atoms with Gasteiger partial charge in [-0.25, -0.2) is 14.6 Å². The first-order valence-electron chi connectivity index (χ1n) is 10.3. The predicted octanol–water partition coefficient (Wildman–Crippen LogP) is 3.44. The molecule has 5 rings (SSSR count). The maximum atomic E-state index is 12.6. The highest BCUT2D eigenvalue weighted by Crippen LogP contribution is 2.26. The Morgan fingerprint density at radius 3 is 2.62 bits per heavy atom. The Morgan fingerprint density at radius 2 is 1.81 bits per heavy atom. The highest BCUT2D eigenvalue weighted by Gasteiger charge is 2.25. The number of aromatic nitrogens is 4. The molecular weight excluding hydrogens is 424 g/mol. The van der Waals surface area contributed by atoms with Gasteiger partial charge in [0.1, 0.15) is 11.4 Å². The summed E-state index contributed by atoms with van der Waals surface area (Å²) in [5.41, 5.74) is 2.54. The zero-order chi connectivity index (χ0) is 21.9. The Labute approximate surface area is 188 Å². The predicted molar refractivity (Wildman–Crippen MR) is 123 cm³/mol. The largest absolute Gasteiger partial charge is 0.349 e. The van der Waals surface area contributed by atoms with Gasteiger partial charge in [-0.1, -0.05) is 42.1 Å². The van der Waals surface area contributed by atoms with E-state index in [1.807, 2.05) is 30.3 Å². The molecule has 0 atom stereocenters. The van der Waals surface area contributed by atoms with E-state index in [-0.39, 0.29) is 23.6 Å². The lowest BCUT2D eigenvalue weighted by Crippen LogP contribution is -2.27. The summed E-state index contributed by atoms with van der Waals surface area (Å²) in [6.07, 6.45) is 5.19. The van der Waals surface area contributed by atoms with Crippen LogP contribution in [-0.2, 0) is 4.79 Å². The van der Waals surface area contributed by atoms with Crippen molar-refractivity contribution >= 4 is 40.3 Å². The summed E-state index contributed by atoms with van der Waals surface area (Å²) < 4.78 is 1.75. The van der Waals surface area contributed by atoms with Crippen LogP contribution in [0.4, 0.5) is 5.69 Å². The maximum Gasteiger partial charge on any atom is 0.253 e. The Bertz CT molecular complexity index is 1290. The van der Waals surface area contributed by atoms with Gasteiger partial charge in [-0.15, -0.1) is 0 Å². The summed E-state index contributed by atoms with van der Waals surface area (Å²) >= 11 is 1.30. The van der Waals surface area contributed by atoms with Crippen LogP contribution >= 0.6 is 11.8 Å². The summed E-state index contributed by atoms with van der Waals surface area (Å²) in [5.74, 6) is -0.243. The van der Waals surface area contributed by atoms with Crippen molar-refractivity contribution in [2.24, 2.45) is 0 Å². The normalized spacial score (nSPS) is 13.1. The van der Waals surface area contributed by atoms with Gasteiger partial charge < -0.3 is 10.6 Å². The van der Waals surface area contributed by atoms with Crippen LogP contribution in [0, 0.1) is 0 Å². The van der Waals surface area contributed by atoms with E-state index >= 15 is 0 Å². The molecule has 0 bridgehead atoms. The van der Waals surface area contributed by atoms with E-state index in [1.165, 1.54) is 18.1 Å². The summed E-state index contributed by atoms with van der Waals surface area (Å²) in [6.45, 7) is 0. The average Bonchev–Trinajstić information content (AvgIpc) is 3.53. The molecule has 9 heteroatoms. The van der Waals surface area contributed by atoms with E-state index < -0.39 is 0 Å². The number of benzene rings is 2. The molecule has 2 aromatic carbocycles. The van der Waals surface area contributed by atoms with Crippen LogP contribution in [0.25, 0.3) is 16.7 Å². The maximum absolute atomic E-state index is 12.6. The smallest absolute Gasteiger partial charge is 0.253 e. The van der Waals surface area contributed by atoms with Crippen molar-refractivity contribution in [1.29, 1.82) is 0 Å². The molecule has 1 fully saturated rings. The number of hydrogen-bond acceptors (Lipinski definition) is 6. The second-order valence-electron chi connectivity index (χ2n) is 7.44. The van der Waals surface area contributed by atoms with Gasteiger partial charge in [-0.3, -0.25) is 9.59 Å². The molecule has 160 valence electrons. The van der Waals surface area contributed by atoms with Crippen molar-refractivity contribution in [3.05, 3.63) is 72.7 Å². The number of amides is 2. The van der Waals surface area contributed by atoms with Crippen LogP contribution in [0.2, 0.25) is 0 Å². The number of rotatable bonds is 7. The van der Waals surface area contributed by atoms with Crippen molar-refractivity contribution in [2.75, 3.05) is 11.1 Å². The molecule has 0 unspecified atom stereocenters. The fourth-order valence-electron chi connectivity index (χ4n) is 3.30. The molecule has 8 nitrogen and oxygen atoms in total. The van der Waals surface area contributed by atoms with Gasteiger partial charge in [-0.2, -0.15) is 5.10 Å². The number of nitrogens with one attached hydrogen (secondary N) is 2. The third kappa shape index (κ3) is 4.33. The van der Waals surface area contributed by atoms with Crippen molar-refractivity contribution < 1.29 is 9.59 Å². The van der Waals surface area contributed by atoms with E-state index in [4.69, 9.17) is 0 Å². The minimum atomic E-state index is -0.219. The monoisotopic (exact) mass is 444 g/mol. The third-order valence-corrected chi connectivity index (χ3v) is 6.03. The van der Waals surface area contributed by atoms with Crippen LogP contribution in [0.3, 0.4) is 0 Å². The first-order chi connectivity index (χ1) is 15.7. The minimum absolute atomic E-state index is 0.140. The van der Waals surface area contributed by atoms with Gasteiger partial charge in [0.2, 0.25) is 5.91 Å². The molecule has 2 N–H and O–H groups in total. The molecule has 1 aliphatic rings. The van der Waals surface area contributed by atoms with Gasteiger partial charge in [0.25, 0.3) is 5.91 Å². The van der Waals surface area contributed by atoms with Crippen molar-refractivity contribution in [2.45, 2.75) is 23.9 Å². The van der Waals surface area contributed by atoms with E-state index in [2.05, 4.69) is 25.7 Å². The lowest BCUT2D eigenvalue weighted by atomic mass is 10.1. The van der Waals surface area contributed by atoms with E-state index in [0.717, 1.165) is 23.9 Å². The lowest BCUT2D eigenvalue weighted by Gasteiger charge is -2.11. The number of carbonyl (C=O) groups is 2. The zero-order valence-electron chi connectivity index (χ0n) is 17.1. The van der Waals surface area contributed by atoms with Gasteiger partial charge in [0, 0.05) is 6.04 Å².